The van der Waals surface area contributed by atoms with Gasteiger partial charge in [0.2, 0.25) is 11.8 Å². The van der Waals surface area contributed by atoms with Crippen LogP contribution in [0, 0.1) is 0 Å². The van der Waals surface area contributed by atoms with Crippen LogP contribution in [0.1, 0.15) is 18.7 Å². The van der Waals surface area contributed by atoms with Crippen LogP contribution < -0.4 is 5.32 Å². The highest BCUT2D eigenvalue weighted by atomic mass is 79.9. The second kappa shape index (κ2) is 6.47. The van der Waals surface area contributed by atoms with E-state index in [2.05, 4.69) is 31.4 Å². The molecular formula is C14H16BrN3O2. The van der Waals surface area contributed by atoms with E-state index in [1.54, 1.807) is 0 Å². The molecule has 0 spiro atoms. The molecule has 106 valence electrons. The summed E-state index contributed by atoms with van der Waals surface area (Å²) in [6, 6.07) is 7.81. The van der Waals surface area contributed by atoms with Crippen LogP contribution >= 0.6 is 15.9 Å². The number of ether oxygens (including phenoxy) is 1. The summed E-state index contributed by atoms with van der Waals surface area (Å²) in [4.78, 5) is 0. The van der Waals surface area contributed by atoms with Gasteiger partial charge in [-0.3, -0.25) is 0 Å². The molecule has 1 aliphatic heterocycles. The van der Waals surface area contributed by atoms with Gasteiger partial charge in [-0.1, -0.05) is 22.0 Å². The van der Waals surface area contributed by atoms with E-state index >= 15 is 0 Å². The van der Waals surface area contributed by atoms with Gasteiger partial charge in [0.05, 0.1) is 12.6 Å². The molecule has 1 aromatic heterocycles. The van der Waals surface area contributed by atoms with Crippen molar-refractivity contribution in [2.75, 3.05) is 13.2 Å². The van der Waals surface area contributed by atoms with Crippen LogP contribution in [0.4, 0.5) is 0 Å². The Morgan fingerprint density at radius 2 is 2.30 bits per heavy atom. The summed E-state index contributed by atoms with van der Waals surface area (Å²) in [5, 5.41) is 11.4. The highest BCUT2D eigenvalue weighted by molar-refractivity contribution is 9.10. The fourth-order valence-corrected chi connectivity index (χ4v) is 2.61. The van der Waals surface area contributed by atoms with Gasteiger partial charge in [-0.25, -0.2) is 0 Å². The van der Waals surface area contributed by atoms with Crippen molar-refractivity contribution in [2.45, 2.75) is 25.5 Å². The largest absolute Gasteiger partial charge is 0.419 e. The minimum absolute atomic E-state index is 0.322. The van der Waals surface area contributed by atoms with Gasteiger partial charge in [-0.05, 0) is 31.0 Å². The molecule has 0 bridgehead atoms. The van der Waals surface area contributed by atoms with Crippen molar-refractivity contribution in [3.05, 3.63) is 34.6 Å². The van der Waals surface area contributed by atoms with Crippen molar-refractivity contribution < 1.29 is 9.15 Å². The lowest BCUT2D eigenvalue weighted by Gasteiger charge is -2.08. The predicted octanol–water partition coefficient (Wildman–Crippen LogP) is 2.77. The molecule has 6 heteroatoms. The van der Waals surface area contributed by atoms with Crippen molar-refractivity contribution >= 4 is 15.9 Å². The Kier molecular flexibility index (Phi) is 4.44. The maximum atomic E-state index is 5.64. The summed E-state index contributed by atoms with van der Waals surface area (Å²) >= 11 is 3.43. The van der Waals surface area contributed by atoms with Gasteiger partial charge in [-0.2, -0.15) is 0 Å². The molecule has 2 heterocycles. The monoisotopic (exact) mass is 337 g/mol. The SMILES string of the molecule is Brc1cccc(-c2nnc(CNCC3CCCO3)o2)c1. The molecule has 20 heavy (non-hydrogen) atoms. The number of hydrogen-bond donors (Lipinski definition) is 1. The molecule has 3 rings (SSSR count). The Bertz CT molecular complexity index is 567. The van der Waals surface area contributed by atoms with Crippen molar-refractivity contribution in [3.8, 4) is 11.5 Å². The van der Waals surface area contributed by atoms with E-state index in [1.807, 2.05) is 24.3 Å². The maximum Gasteiger partial charge on any atom is 0.247 e. The van der Waals surface area contributed by atoms with Gasteiger partial charge in [0, 0.05) is 23.2 Å². The number of halogens is 1. The molecule has 0 saturated carbocycles. The van der Waals surface area contributed by atoms with Crippen LogP contribution in [0.2, 0.25) is 0 Å². The molecule has 1 fully saturated rings. The first-order valence-corrected chi connectivity index (χ1v) is 7.51. The molecule has 0 aliphatic carbocycles. The van der Waals surface area contributed by atoms with Gasteiger partial charge >= 0.3 is 0 Å². The lowest BCUT2D eigenvalue weighted by atomic mass is 10.2. The number of nitrogens with zero attached hydrogens (tertiary/aromatic N) is 2. The van der Waals surface area contributed by atoms with Crippen LogP contribution in [-0.4, -0.2) is 29.5 Å². The fraction of sp³-hybridized carbons (Fsp3) is 0.429. The average molecular weight is 338 g/mol. The summed E-state index contributed by atoms with van der Waals surface area (Å²) in [5.74, 6) is 1.14. The number of nitrogens with one attached hydrogen (secondary N) is 1. The quantitative estimate of drug-likeness (QED) is 0.908. The second-order valence-corrected chi connectivity index (χ2v) is 5.69. The van der Waals surface area contributed by atoms with Crippen LogP contribution in [0.3, 0.4) is 0 Å². The Balaban J connectivity index is 1.56. The zero-order valence-corrected chi connectivity index (χ0v) is 12.6. The minimum Gasteiger partial charge on any atom is -0.419 e. The molecule has 1 aromatic carbocycles. The number of rotatable bonds is 5. The highest BCUT2D eigenvalue weighted by Gasteiger charge is 2.15. The molecule has 0 amide bonds. The Labute approximate surface area is 125 Å². The van der Waals surface area contributed by atoms with E-state index in [9.17, 15) is 0 Å². The van der Waals surface area contributed by atoms with Gasteiger partial charge in [0.15, 0.2) is 0 Å². The smallest absolute Gasteiger partial charge is 0.247 e. The van der Waals surface area contributed by atoms with E-state index in [1.165, 1.54) is 0 Å². The molecular weight excluding hydrogens is 322 g/mol. The summed E-state index contributed by atoms with van der Waals surface area (Å²) in [5.41, 5.74) is 0.914. The number of hydrogen-bond acceptors (Lipinski definition) is 5. The van der Waals surface area contributed by atoms with Crippen LogP contribution in [0.15, 0.2) is 33.2 Å². The normalized spacial score (nSPS) is 18.6. The molecule has 5 nitrogen and oxygen atoms in total. The maximum absolute atomic E-state index is 5.64. The second-order valence-electron chi connectivity index (χ2n) is 4.78. The van der Waals surface area contributed by atoms with Crippen LogP contribution in [0.5, 0.6) is 0 Å². The van der Waals surface area contributed by atoms with E-state index < -0.39 is 0 Å². The Morgan fingerprint density at radius 3 is 3.10 bits per heavy atom. The third-order valence-electron chi connectivity index (χ3n) is 3.21. The first-order valence-electron chi connectivity index (χ1n) is 6.72. The van der Waals surface area contributed by atoms with E-state index in [0.717, 1.165) is 36.0 Å². The Hall–Kier alpha value is -1.24. The molecule has 1 aliphatic rings. The third-order valence-corrected chi connectivity index (χ3v) is 3.70. The van der Waals surface area contributed by atoms with E-state index in [0.29, 0.717) is 24.4 Å². The number of benzene rings is 1. The lowest BCUT2D eigenvalue weighted by molar-refractivity contribution is 0.109. The third kappa shape index (κ3) is 3.45. The summed E-state index contributed by atoms with van der Waals surface area (Å²) in [6.45, 7) is 2.27. The van der Waals surface area contributed by atoms with Crippen molar-refractivity contribution in [1.82, 2.24) is 15.5 Å². The Morgan fingerprint density at radius 1 is 1.35 bits per heavy atom. The van der Waals surface area contributed by atoms with E-state index in [-0.39, 0.29) is 0 Å². The first-order chi connectivity index (χ1) is 9.81. The van der Waals surface area contributed by atoms with Crippen LogP contribution in [0.25, 0.3) is 11.5 Å². The average Bonchev–Trinajstić information content (AvgIpc) is 3.10. The number of aromatic nitrogens is 2. The van der Waals surface area contributed by atoms with Crippen LogP contribution in [-0.2, 0) is 11.3 Å². The van der Waals surface area contributed by atoms with Gasteiger partial charge in [-0.15, -0.1) is 10.2 Å². The van der Waals surface area contributed by atoms with E-state index in [4.69, 9.17) is 9.15 Å². The summed E-state index contributed by atoms with van der Waals surface area (Å²) < 4.78 is 12.2. The zero-order chi connectivity index (χ0) is 13.8. The zero-order valence-electron chi connectivity index (χ0n) is 11.0. The topological polar surface area (TPSA) is 60.2 Å². The molecule has 1 unspecified atom stereocenters. The fourth-order valence-electron chi connectivity index (χ4n) is 2.21. The molecule has 1 atom stereocenters. The predicted molar refractivity (Wildman–Crippen MR) is 78.1 cm³/mol. The van der Waals surface area contributed by atoms with Gasteiger partial charge in [0.25, 0.3) is 0 Å². The molecule has 1 saturated heterocycles. The minimum atomic E-state index is 0.322. The summed E-state index contributed by atoms with van der Waals surface area (Å²) in [7, 11) is 0. The molecule has 0 radical (unpaired) electrons. The van der Waals surface area contributed by atoms with Gasteiger partial charge in [0.1, 0.15) is 0 Å². The molecule has 2 aromatic rings. The van der Waals surface area contributed by atoms with Crippen molar-refractivity contribution in [2.24, 2.45) is 0 Å². The highest BCUT2D eigenvalue weighted by Crippen LogP contribution is 2.21. The molecule has 1 N–H and O–H groups in total. The van der Waals surface area contributed by atoms with Crippen molar-refractivity contribution in [1.29, 1.82) is 0 Å². The van der Waals surface area contributed by atoms with Crippen molar-refractivity contribution in [3.63, 3.8) is 0 Å². The first kappa shape index (κ1) is 13.7. The standard InChI is InChI=1S/C14H16BrN3O2/c15-11-4-1-3-10(7-11)14-18-17-13(20-14)9-16-8-12-5-2-6-19-12/h1,3-4,7,12,16H,2,5-6,8-9H2. The summed E-state index contributed by atoms with van der Waals surface area (Å²) in [6.07, 6.45) is 2.60. The van der Waals surface area contributed by atoms with Gasteiger partial charge < -0.3 is 14.5 Å². The lowest BCUT2D eigenvalue weighted by Crippen LogP contribution is -2.25.